The Kier molecular flexibility index (Phi) is 4.51. The molecule has 1 amide bonds. The van der Waals surface area contributed by atoms with E-state index in [0.717, 1.165) is 46.5 Å². The highest BCUT2D eigenvalue weighted by atomic mass is 32.2. The van der Waals surface area contributed by atoms with Crippen molar-refractivity contribution in [3.63, 3.8) is 0 Å². The first-order valence-electron chi connectivity index (χ1n) is 8.64. The van der Waals surface area contributed by atoms with Crippen molar-refractivity contribution in [1.82, 2.24) is 9.97 Å². The third-order valence-electron chi connectivity index (χ3n) is 4.80. The number of hydrogen-bond donors (Lipinski definition) is 2. The molecule has 1 saturated heterocycles. The molecule has 1 aliphatic rings. The molecule has 2 aromatic carbocycles. The van der Waals surface area contributed by atoms with E-state index >= 15 is 0 Å². The first kappa shape index (κ1) is 16.8. The second-order valence-corrected chi connectivity index (χ2v) is 7.73. The highest BCUT2D eigenvalue weighted by Gasteiger charge is 2.22. The minimum Gasteiger partial charge on any atom is -0.366 e. The lowest BCUT2D eigenvalue weighted by Crippen LogP contribution is -2.19. The van der Waals surface area contributed by atoms with Gasteiger partial charge in [-0.25, -0.2) is 4.98 Å². The van der Waals surface area contributed by atoms with Gasteiger partial charge in [0.1, 0.15) is 5.82 Å². The van der Waals surface area contributed by atoms with Gasteiger partial charge in [0.25, 0.3) is 0 Å². The lowest BCUT2D eigenvalue weighted by atomic mass is 9.92. The lowest BCUT2D eigenvalue weighted by molar-refractivity contribution is 0.0912. The number of nitrogens with two attached hydrogens (primary N) is 1. The molecule has 26 heavy (non-hydrogen) atoms. The number of primary amides is 1. The molecule has 0 unspecified atom stereocenters. The average molecular weight is 365 g/mol. The summed E-state index contributed by atoms with van der Waals surface area (Å²) in [6.07, 6.45) is 1.94. The van der Waals surface area contributed by atoms with Crippen molar-refractivity contribution in [2.45, 2.75) is 12.8 Å². The summed E-state index contributed by atoms with van der Waals surface area (Å²) in [6.45, 7) is 0. The number of H-pyrrole nitrogens is 1. The molecule has 0 atom stereocenters. The van der Waals surface area contributed by atoms with Crippen LogP contribution in [0.25, 0.3) is 22.4 Å². The Morgan fingerprint density at radius 2 is 1.73 bits per heavy atom. The van der Waals surface area contributed by atoms with Crippen LogP contribution in [0.2, 0.25) is 0 Å². The van der Waals surface area contributed by atoms with Gasteiger partial charge in [0.15, 0.2) is 5.78 Å². The largest absolute Gasteiger partial charge is 0.366 e. The van der Waals surface area contributed by atoms with Crippen LogP contribution in [0, 0.1) is 5.92 Å². The van der Waals surface area contributed by atoms with Gasteiger partial charge in [0, 0.05) is 22.6 Å². The fourth-order valence-corrected chi connectivity index (χ4v) is 4.39. The van der Waals surface area contributed by atoms with Crippen molar-refractivity contribution in [3.05, 3.63) is 53.6 Å². The molecule has 132 valence electrons. The minimum absolute atomic E-state index is 0.153. The third kappa shape index (κ3) is 3.24. The molecule has 0 radical (unpaired) electrons. The number of aromatic nitrogens is 2. The fraction of sp³-hybridized carbons (Fsp3) is 0.250. The number of nitrogens with one attached hydrogen (secondary N) is 1. The van der Waals surface area contributed by atoms with Crippen LogP contribution in [0.5, 0.6) is 0 Å². The second kappa shape index (κ2) is 6.96. The zero-order chi connectivity index (χ0) is 18.1. The molecular formula is C20H19N3O2S. The number of rotatable bonds is 4. The van der Waals surface area contributed by atoms with Gasteiger partial charge in [-0.1, -0.05) is 24.3 Å². The van der Waals surface area contributed by atoms with E-state index in [1.807, 2.05) is 36.0 Å². The Labute approximate surface area is 155 Å². The van der Waals surface area contributed by atoms with Gasteiger partial charge in [-0.2, -0.15) is 11.8 Å². The van der Waals surface area contributed by atoms with Crippen LogP contribution in [0.1, 0.15) is 33.6 Å². The van der Waals surface area contributed by atoms with Crippen LogP contribution in [0.4, 0.5) is 0 Å². The van der Waals surface area contributed by atoms with E-state index in [9.17, 15) is 9.59 Å². The fourth-order valence-electron chi connectivity index (χ4n) is 3.29. The number of thioether (sulfide) groups is 1. The van der Waals surface area contributed by atoms with Gasteiger partial charge >= 0.3 is 0 Å². The van der Waals surface area contributed by atoms with Crippen molar-refractivity contribution in [1.29, 1.82) is 0 Å². The minimum atomic E-state index is -0.466. The van der Waals surface area contributed by atoms with E-state index in [1.54, 1.807) is 18.2 Å². The van der Waals surface area contributed by atoms with Crippen molar-refractivity contribution in [2.24, 2.45) is 11.7 Å². The van der Waals surface area contributed by atoms with Crippen LogP contribution in [-0.4, -0.2) is 33.2 Å². The summed E-state index contributed by atoms with van der Waals surface area (Å²) in [5.74, 6) is 2.77. The molecule has 0 aliphatic carbocycles. The predicted octanol–water partition coefficient (Wildman–Crippen LogP) is 3.65. The molecule has 1 aliphatic heterocycles. The Morgan fingerprint density at radius 1 is 1.04 bits per heavy atom. The molecule has 2 heterocycles. The van der Waals surface area contributed by atoms with Gasteiger partial charge in [-0.3, -0.25) is 9.59 Å². The maximum absolute atomic E-state index is 12.6. The Bertz CT molecular complexity index is 972. The number of hydrogen-bond acceptors (Lipinski definition) is 4. The van der Waals surface area contributed by atoms with Crippen molar-refractivity contribution >= 4 is 34.5 Å². The van der Waals surface area contributed by atoms with Crippen LogP contribution >= 0.6 is 11.8 Å². The van der Waals surface area contributed by atoms with E-state index in [2.05, 4.69) is 9.97 Å². The lowest BCUT2D eigenvalue weighted by Gasteiger charge is -2.20. The average Bonchev–Trinajstić information content (AvgIpc) is 3.11. The standard InChI is InChI=1S/C20H19N3O2S/c21-19(25)15-5-6-16-17(11-15)23-20(22-16)14-3-1-12(2-4-14)18(24)13-7-9-26-10-8-13/h1-6,11,13H,7-10H2,(H2,21,25)(H,22,23). The normalized spacial score (nSPS) is 15.2. The summed E-state index contributed by atoms with van der Waals surface area (Å²) in [5, 5.41) is 0. The van der Waals surface area contributed by atoms with Gasteiger partial charge in [-0.05, 0) is 42.5 Å². The number of carbonyl (C=O) groups excluding carboxylic acids is 2. The summed E-state index contributed by atoms with van der Waals surface area (Å²) in [6, 6.07) is 12.7. The maximum Gasteiger partial charge on any atom is 0.248 e. The first-order valence-corrected chi connectivity index (χ1v) is 9.79. The number of carbonyl (C=O) groups is 2. The Balaban J connectivity index is 1.59. The maximum atomic E-state index is 12.6. The zero-order valence-electron chi connectivity index (χ0n) is 14.2. The molecular weight excluding hydrogens is 346 g/mol. The molecule has 1 aromatic heterocycles. The number of ketones is 1. The van der Waals surface area contributed by atoms with Gasteiger partial charge in [0.05, 0.1) is 11.0 Å². The summed E-state index contributed by atoms with van der Waals surface area (Å²) >= 11 is 1.92. The summed E-state index contributed by atoms with van der Waals surface area (Å²) in [5.41, 5.74) is 8.96. The van der Waals surface area contributed by atoms with Crippen LogP contribution in [-0.2, 0) is 0 Å². The predicted molar refractivity (Wildman–Crippen MR) is 104 cm³/mol. The number of benzene rings is 2. The molecule has 6 heteroatoms. The molecule has 0 spiro atoms. The topological polar surface area (TPSA) is 88.8 Å². The summed E-state index contributed by atoms with van der Waals surface area (Å²) < 4.78 is 0. The van der Waals surface area contributed by atoms with Crippen molar-refractivity contribution < 1.29 is 9.59 Å². The number of Topliss-reactive ketones (excluding diaryl/α,β-unsaturated/α-hetero) is 1. The number of nitrogens with zero attached hydrogens (tertiary/aromatic N) is 1. The van der Waals surface area contributed by atoms with Crippen LogP contribution in [0.15, 0.2) is 42.5 Å². The number of aromatic amines is 1. The molecule has 1 fully saturated rings. The Morgan fingerprint density at radius 3 is 2.42 bits per heavy atom. The third-order valence-corrected chi connectivity index (χ3v) is 5.85. The monoisotopic (exact) mass is 365 g/mol. The first-order chi connectivity index (χ1) is 12.6. The molecule has 0 saturated carbocycles. The molecule has 0 bridgehead atoms. The van der Waals surface area contributed by atoms with Crippen LogP contribution in [0.3, 0.4) is 0 Å². The highest BCUT2D eigenvalue weighted by Crippen LogP contribution is 2.27. The van der Waals surface area contributed by atoms with Gasteiger partial charge in [0.2, 0.25) is 5.91 Å². The number of imidazole rings is 1. The molecule has 3 N–H and O–H groups in total. The van der Waals surface area contributed by atoms with E-state index in [1.165, 1.54) is 0 Å². The quantitative estimate of drug-likeness (QED) is 0.691. The zero-order valence-corrected chi connectivity index (χ0v) is 15.0. The van der Waals surface area contributed by atoms with Gasteiger partial charge < -0.3 is 10.7 Å². The number of fused-ring (bicyclic) bond motifs is 1. The molecule has 5 nitrogen and oxygen atoms in total. The van der Waals surface area contributed by atoms with E-state index in [0.29, 0.717) is 11.4 Å². The van der Waals surface area contributed by atoms with Gasteiger partial charge in [-0.15, -0.1) is 0 Å². The van der Waals surface area contributed by atoms with Crippen molar-refractivity contribution in [2.75, 3.05) is 11.5 Å². The molecule has 3 aromatic rings. The highest BCUT2D eigenvalue weighted by molar-refractivity contribution is 7.99. The van der Waals surface area contributed by atoms with E-state index < -0.39 is 5.91 Å². The summed E-state index contributed by atoms with van der Waals surface area (Å²) in [7, 11) is 0. The van der Waals surface area contributed by atoms with E-state index in [4.69, 9.17) is 5.73 Å². The van der Waals surface area contributed by atoms with E-state index in [-0.39, 0.29) is 11.7 Å². The van der Waals surface area contributed by atoms with Crippen LogP contribution < -0.4 is 5.73 Å². The molecule has 4 rings (SSSR count). The second-order valence-electron chi connectivity index (χ2n) is 6.51. The Hall–Kier alpha value is -2.60. The van der Waals surface area contributed by atoms with Crippen molar-refractivity contribution in [3.8, 4) is 11.4 Å². The SMILES string of the molecule is NC(=O)c1ccc2nc(-c3ccc(C(=O)C4CCSCC4)cc3)[nH]c2c1. The number of amides is 1. The smallest absolute Gasteiger partial charge is 0.248 e. The summed E-state index contributed by atoms with van der Waals surface area (Å²) in [4.78, 5) is 31.7.